The normalized spacial score (nSPS) is 14.3. The third-order valence-corrected chi connectivity index (χ3v) is 13.7. The van der Waals surface area contributed by atoms with E-state index in [0.717, 1.165) is 44.4 Å². The van der Waals surface area contributed by atoms with Gasteiger partial charge >= 0.3 is 0 Å². The van der Waals surface area contributed by atoms with Crippen LogP contribution < -0.4 is 4.90 Å². The maximum absolute atomic E-state index is 6.79. The second-order valence-electron chi connectivity index (χ2n) is 17.6. The Labute approximate surface area is 351 Å². The van der Waals surface area contributed by atoms with E-state index in [9.17, 15) is 0 Å². The molecule has 60 heavy (non-hydrogen) atoms. The Morgan fingerprint density at radius 1 is 0.400 bits per heavy atom. The molecule has 0 fully saturated rings. The molecule has 12 rings (SSSR count). The van der Waals surface area contributed by atoms with Crippen molar-refractivity contribution in [3.8, 4) is 44.5 Å². The molecule has 286 valence electrons. The Bertz CT molecular complexity index is 3380. The predicted octanol–water partition coefficient (Wildman–Crippen LogP) is 16.2. The minimum absolute atomic E-state index is 0.0622. The fourth-order valence-corrected chi connectivity index (χ4v) is 10.8. The summed E-state index contributed by atoms with van der Waals surface area (Å²) in [5, 5.41) is 4.50. The molecule has 1 aromatic heterocycles. The lowest BCUT2D eigenvalue weighted by molar-refractivity contribution is 0.660. The van der Waals surface area contributed by atoms with Crippen molar-refractivity contribution in [2.75, 3.05) is 4.90 Å². The summed E-state index contributed by atoms with van der Waals surface area (Å²) in [4.78, 5) is 2.46. The molecule has 1 heterocycles. The number of furan rings is 1. The summed E-state index contributed by atoms with van der Waals surface area (Å²) >= 11 is 0. The molecule has 0 unspecified atom stereocenters. The summed E-state index contributed by atoms with van der Waals surface area (Å²) < 4.78 is 6.79. The highest BCUT2D eigenvalue weighted by molar-refractivity contribution is 6.20. The van der Waals surface area contributed by atoms with E-state index < -0.39 is 0 Å². The van der Waals surface area contributed by atoms with Crippen LogP contribution in [0.2, 0.25) is 0 Å². The number of fused-ring (bicyclic) bond motifs is 11. The van der Waals surface area contributed by atoms with Gasteiger partial charge in [-0.2, -0.15) is 0 Å². The molecule has 0 radical (unpaired) electrons. The van der Waals surface area contributed by atoms with E-state index in [1.54, 1.807) is 0 Å². The Kier molecular flexibility index (Phi) is 7.36. The third-order valence-electron chi connectivity index (χ3n) is 13.7. The Morgan fingerprint density at radius 2 is 0.983 bits per heavy atom. The number of nitrogens with zero attached hydrogens (tertiary/aromatic N) is 1. The maximum atomic E-state index is 6.79. The van der Waals surface area contributed by atoms with Gasteiger partial charge in [-0.1, -0.05) is 173 Å². The largest absolute Gasteiger partial charge is 0.455 e. The molecule has 0 atom stereocenters. The van der Waals surface area contributed by atoms with Crippen molar-refractivity contribution >= 4 is 49.8 Å². The summed E-state index contributed by atoms with van der Waals surface area (Å²) in [6, 6.07) is 69.2. The van der Waals surface area contributed by atoms with Crippen LogP contribution in [0.3, 0.4) is 0 Å². The smallest absolute Gasteiger partial charge is 0.143 e. The summed E-state index contributed by atoms with van der Waals surface area (Å²) in [5.74, 6) is 0. The molecule has 0 saturated heterocycles. The Morgan fingerprint density at radius 3 is 1.78 bits per heavy atom. The first-order chi connectivity index (χ1) is 29.3. The lowest BCUT2D eigenvalue weighted by Crippen LogP contribution is -2.17. The van der Waals surface area contributed by atoms with Gasteiger partial charge in [0.1, 0.15) is 11.2 Å². The van der Waals surface area contributed by atoms with Crippen molar-refractivity contribution in [1.82, 2.24) is 0 Å². The molecular formula is C58H43NO. The number of rotatable bonds is 5. The zero-order valence-electron chi connectivity index (χ0n) is 34.3. The first kappa shape index (κ1) is 34.8. The van der Waals surface area contributed by atoms with Crippen molar-refractivity contribution in [2.24, 2.45) is 0 Å². The minimum Gasteiger partial charge on any atom is -0.455 e. The molecule has 0 bridgehead atoms. The van der Waals surface area contributed by atoms with E-state index in [0.29, 0.717) is 0 Å². The van der Waals surface area contributed by atoms with Gasteiger partial charge in [0, 0.05) is 32.9 Å². The predicted molar refractivity (Wildman–Crippen MR) is 252 cm³/mol. The average Bonchev–Trinajstić information content (AvgIpc) is 3.87. The molecule has 0 spiro atoms. The first-order valence-corrected chi connectivity index (χ1v) is 21.1. The fraction of sp³-hybridized carbons (Fsp3) is 0.103. The average molecular weight is 770 g/mol. The van der Waals surface area contributed by atoms with Crippen molar-refractivity contribution in [1.29, 1.82) is 0 Å². The Balaban J connectivity index is 1.07. The molecule has 9 aromatic carbocycles. The summed E-state index contributed by atoms with van der Waals surface area (Å²) in [6.45, 7) is 9.46. The fourth-order valence-electron chi connectivity index (χ4n) is 10.8. The zero-order chi connectivity index (χ0) is 40.3. The van der Waals surface area contributed by atoms with Crippen LogP contribution in [0.5, 0.6) is 0 Å². The topological polar surface area (TPSA) is 16.4 Å². The van der Waals surface area contributed by atoms with Crippen molar-refractivity contribution in [2.45, 2.75) is 38.5 Å². The van der Waals surface area contributed by atoms with Gasteiger partial charge in [0.05, 0.1) is 16.8 Å². The molecule has 2 aliphatic rings. The van der Waals surface area contributed by atoms with Gasteiger partial charge < -0.3 is 9.32 Å². The summed E-state index contributed by atoms with van der Waals surface area (Å²) in [5.41, 5.74) is 20.5. The number of hydrogen-bond donors (Lipinski definition) is 0. The number of anilines is 3. The Hall–Kier alpha value is -7.16. The quantitative estimate of drug-likeness (QED) is 0.173. The molecule has 0 amide bonds. The van der Waals surface area contributed by atoms with Crippen LogP contribution in [0.4, 0.5) is 17.1 Å². The second-order valence-corrected chi connectivity index (χ2v) is 17.6. The van der Waals surface area contributed by atoms with Crippen LogP contribution in [0.25, 0.3) is 77.2 Å². The van der Waals surface area contributed by atoms with Gasteiger partial charge in [0.25, 0.3) is 0 Å². The standard InChI is InChI=1S/C58H43NO/c1-57(2)48-22-10-7-17-41(48)43-33-30-38(35-50(43)57)36-27-31-39(32-28-36)59(52-25-14-26-53-54(52)47-34-29-37-15-5-6-16-40(37)56(47)60-53)51-24-12-9-19-44(51)46-21-13-20-45-42-18-8-11-23-49(42)58(3,4)55(45)46/h5-35H,1-4H3. The van der Waals surface area contributed by atoms with E-state index in [4.69, 9.17) is 4.42 Å². The van der Waals surface area contributed by atoms with Crippen molar-refractivity contribution in [3.63, 3.8) is 0 Å². The molecule has 0 N–H and O–H groups in total. The maximum Gasteiger partial charge on any atom is 0.143 e. The summed E-state index contributed by atoms with van der Waals surface area (Å²) in [7, 11) is 0. The summed E-state index contributed by atoms with van der Waals surface area (Å²) in [6.07, 6.45) is 0. The zero-order valence-corrected chi connectivity index (χ0v) is 34.3. The van der Waals surface area contributed by atoms with Gasteiger partial charge in [0.15, 0.2) is 0 Å². The van der Waals surface area contributed by atoms with Crippen LogP contribution in [-0.4, -0.2) is 0 Å². The molecule has 2 heteroatoms. The number of hydrogen-bond acceptors (Lipinski definition) is 2. The van der Waals surface area contributed by atoms with Crippen molar-refractivity contribution < 1.29 is 4.42 Å². The van der Waals surface area contributed by atoms with Gasteiger partial charge in [-0.05, 0) is 109 Å². The van der Waals surface area contributed by atoms with E-state index in [-0.39, 0.29) is 10.8 Å². The highest BCUT2D eigenvalue weighted by Gasteiger charge is 2.38. The van der Waals surface area contributed by atoms with Gasteiger partial charge in [-0.3, -0.25) is 0 Å². The molecular weight excluding hydrogens is 727 g/mol. The highest BCUT2D eigenvalue weighted by atomic mass is 16.3. The second kappa shape index (κ2) is 12.7. The first-order valence-electron chi connectivity index (χ1n) is 21.1. The molecule has 2 nitrogen and oxygen atoms in total. The van der Waals surface area contributed by atoms with Gasteiger partial charge in [0.2, 0.25) is 0 Å². The SMILES string of the molecule is CC1(C)c2ccccc2-c2ccc(-c3ccc(N(c4ccccc4-c4cccc5c4C(C)(C)c4ccccc4-5)c4cccc5oc6c7ccccc7ccc6c45)cc3)cc21. The lowest BCUT2D eigenvalue weighted by Gasteiger charge is -2.30. The molecule has 0 aliphatic heterocycles. The van der Waals surface area contributed by atoms with Crippen LogP contribution >= 0.6 is 0 Å². The number of benzene rings is 9. The van der Waals surface area contributed by atoms with Crippen LogP contribution in [-0.2, 0) is 10.8 Å². The van der Waals surface area contributed by atoms with E-state index >= 15 is 0 Å². The van der Waals surface area contributed by atoms with Gasteiger partial charge in [-0.25, -0.2) is 0 Å². The molecule has 10 aromatic rings. The van der Waals surface area contributed by atoms with Crippen LogP contribution in [0, 0.1) is 0 Å². The third kappa shape index (κ3) is 4.88. The number of para-hydroxylation sites is 1. The van der Waals surface area contributed by atoms with Crippen LogP contribution in [0.15, 0.2) is 192 Å². The van der Waals surface area contributed by atoms with E-state index in [2.05, 4.69) is 221 Å². The molecule has 2 aliphatic carbocycles. The van der Waals surface area contributed by atoms with Crippen LogP contribution in [0.1, 0.15) is 49.9 Å². The van der Waals surface area contributed by atoms with E-state index in [1.165, 1.54) is 72.1 Å². The van der Waals surface area contributed by atoms with E-state index in [1.807, 2.05) is 0 Å². The van der Waals surface area contributed by atoms with Gasteiger partial charge in [-0.15, -0.1) is 0 Å². The lowest BCUT2D eigenvalue weighted by atomic mass is 9.78. The minimum atomic E-state index is -0.171. The highest BCUT2D eigenvalue weighted by Crippen LogP contribution is 2.55. The molecule has 0 saturated carbocycles. The van der Waals surface area contributed by atoms with Crippen molar-refractivity contribution in [3.05, 3.63) is 210 Å². The monoisotopic (exact) mass is 769 g/mol.